The summed E-state index contributed by atoms with van der Waals surface area (Å²) in [6.07, 6.45) is 1.14. The molecule has 102 valence electrons. The summed E-state index contributed by atoms with van der Waals surface area (Å²) in [6, 6.07) is 5.58. The van der Waals surface area contributed by atoms with Crippen LogP contribution in [0.25, 0.3) is 0 Å². The first-order valence-electron chi connectivity index (χ1n) is 5.90. The molecule has 0 saturated carbocycles. The van der Waals surface area contributed by atoms with Crippen LogP contribution < -0.4 is 5.32 Å². The number of nitro groups is 1. The minimum absolute atomic E-state index is 0.149. The van der Waals surface area contributed by atoms with Crippen molar-refractivity contribution in [3.8, 4) is 6.07 Å². The van der Waals surface area contributed by atoms with Gasteiger partial charge in [-0.2, -0.15) is 5.26 Å². The molecule has 1 N–H and O–H groups in total. The Bertz CT molecular complexity index is 509. The van der Waals surface area contributed by atoms with Crippen molar-refractivity contribution in [3.05, 3.63) is 34.1 Å². The lowest BCUT2D eigenvalue weighted by atomic mass is 9.88. The lowest BCUT2D eigenvalue weighted by Crippen LogP contribution is -2.23. The third-order valence-corrected chi connectivity index (χ3v) is 2.83. The maximum absolute atomic E-state index is 13.6. The van der Waals surface area contributed by atoms with Gasteiger partial charge in [-0.15, -0.1) is 0 Å². The smallest absolute Gasteiger partial charge is 0.272 e. The fourth-order valence-electron chi connectivity index (χ4n) is 1.58. The van der Waals surface area contributed by atoms with Crippen molar-refractivity contribution in [2.45, 2.75) is 26.7 Å². The number of nitrogens with zero attached hydrogens (tertiary/aromatic N) is 2. The van der Waals surface area contributed by atoms with Crippen LogP contribution in [0, 0.1) is 32.7 Å². The van der Waals surface area contributed by atoms with Gasteiger partial charge in [0.05, 0.1) is 22.7 Å². The summed E-state index contributed by atoms with van der Waals surface area (Å²) in [4.78, 5) is 9.85. The van der Waals surface area contributed by atoms with Crippen molar-refractivity contribution < 1.29 is 9.31 Å². The van der Waals surface area contributed by atoms with E-state index in [2.05, 4.69) is 11.4 Å². The second-order valence-corrected chi connectivity index (χ2v) is 5.10. The summed E-state index contributed by atoms with van der Waals surface area (Å²) in [5.74, 6) is -0.648. The molecule has 0 aliphatic carbocycles. The average Bonchev–Trinajstić information content (AvgIpc) is 2.35. The summed E-state index contributed by atoms with van der Waals surface area (Å²) < 4.78 is 13.6. The number of non-ortho nitro benzene ring substituents is 1. The minimum Gasteiger partial charge on any atom is -0.382 e. The van der Waals surface area contributed by atoms with Gasteiger partial charge in [-0.3, -0.25) is 10.1 Å². The molecule has 0 aliphatic heterocycles. The molecule has 5 nitrogen and oxygen atoms in total. The second kappa shape index (κ2) is 6.14. The van der Waals surface area contributed by atoms with E-state index in [4.69, 9.17) is 5.26 Å². The van der Waals surface area contributed by atoms with E-state index in [9.17, 15) is 14.5 Å². The first-order chi connectivity index (χ1) is 8.85. The van der Waals surface area contributed by atoms with Crippen LogP contribution in [-0.2, 0) is 0 Å². The number of rotatable bonds is 6. The molecule has 0 heterocycles. The standard InChI is InChI=1S/C13H16FN3O2/c1-13(2,6-3-7-15)9-16-12-5-4-10(17(18)19)8-11(12)14/h4-5,8,16H,3,6,9H2,1-2H3. The molecule has 6 heteroatoms. The molecule has 1 rings (SSSR count). The number of nitrogens with one attached hydrogen (secondary N) is 1. The molecule has 1 aromatic carbocycles. The zero-order valence-corrected chi connectivity index (χ0v) is 10.9. The molecule has 0 bridgehead atoms. The van der Waals surface area contributed by atoms with E-state index < -0.39 is 10.7 Å². The number of hydrogen-bond acceptors (Lipinski definition) is 4. The molecule has 0 atom stereocenters. The maximum Gasteiger partial charge on any atom is 0.272 e. The molecular formula is C13H16FN3O2. The van der Waals surface area contributed by atoms with E-state index in [1.807, 2.05) is 13.8 Å². The van der Waals surface area contributed by atoms with Gasteiger partial charge in [0.2, 0.25) is 0 Å². The zero-order chi connectivity index (χ0) is 14.5. The number of benzene rings is 1. The number of hydrogen-bond donors (Lipinski definition) is 1. The highest BCUT2D eigenvalue weighted by Gasteiger charge is 2.18. The second-order valence-electron chi connectivity index (χ2n) is 5.10. The maximum atomic E-state index is 13.6. The van der Waals surface area contributed by atoms with E-state index >= 15 is 0 Å². The van der Waals surface area contributed by atoms with Crippen LogP contribution in [0.5, 0.6) is 0 Å². The van der Waals surface area contributed by atoms with Crippen LogP contribution in [0.15, 0.2) is 18.2 Å². The quantitative estimate of drug-likeness (QED) is 0.630. The molecule has 0 fully saturated rings. The molecule has 1 aromatic rings. The van der Waals surface area contributed by atoms with Gasteiger partial charge in [-0.25, -0.2) is 4.39 Å². The van der Waals surface area contributed by atoms with Crippen LogP contribution >= 0.6 is 0 Å². The Hall–Kier alpha value is -2.16. The predicted octanol–water partition coefficient (Wildman–Crippen LogP) is 3.48. The van der Waals surface area contributed by atoms with Gasteiger partial charge < -0.3 is 5.32 Å². The van der Waals surface area contributed by atoms with Crippen molar-refractivity contribution in [1.82, 2.24) is 0 Å². The Morgan fingerprint density at radius 3 is 2.74 bits per heavy atom. The number of anilines is 1. The van der Waals surface area contributed by atoms with Gasteiger partial charge in [0.1, 0.15) is 0 Å². The first-order valence-corrected chi connectivity index (χ1v) is 5.90. The number of halogens is 1. The molecule has 0 unspecified atom stereocenters. The van der Waals surface area contributed by atoms with E-state index in [0.717, 1.165) is 6.07 Å². The van der Waals surface area contributed by atoms with E-state index in [1.54, 1.807) is 0 Å². The van der Waals surface area contributed by atoms with Gasteiger partial charge in [-0.1, -0.05) is 13.8 Å². The van der Waals surface area contributed by atoms with Gasteiger partial charge in [0.15, 0.2) is 5.82 Å². The van der Waals surface area contributed by atoms with Crippen LogP contribution in [0.3, 0.4) is 0 Å². The van der Waals surface area contributed by atoms with E-state index in [0.29, 0.717) is 19.4 Å². The highest BCUT2D eigenvalue weighted by Crippen LogP contribution is 2.25. The monoisotopic (exact) mass is 265 g/mol. The van der Waals surface area contributed by atoms with Crippen LogP contribution in [0.4, 0.5) is 15.8 Å². The molecule has 0 radical (unpaired) electrons. The normalized spacial score (nSPS) is 10.8. The molecule has 0 spiro atoms. The lowest BCUT2D eigenvalue weighted by Gasteiger charge is -2.24. The molecule has 0 aromatic heterocycles. The predicted molar refractivity (Wildman–Crippen MR) is 70.2 cm³/mol. The summed E-state index contributed by atoms with van der Waals surface area (Å²) in [7, 11) is 0. The summed E-state index contributed by atoms with van der Waals surface area (Å²) in [6.45, 7) is 4.44. The Morgan fingerprint density at radius 2 is 2.21 bits per heavy atom. The Balaban J connectivity index is 2.68. The molecule has 0 aliphatic rings. The minimum atomic E-state index is -0.648. The Labute approximate surface area is 111 Å². The largest absolute Gasteiger partial charge is 0.382 e. The highest BCUT2D eigenvalue weighted by atomic mass is 19.1. The summed E-state index contributed by atoms with van der Waals surface area (Å²) in [5.41, 5.74) is -0.188. The number of nitriles is 1. The molecule has 0 amide bonds. The lowest BCUT2D eigenvalue weighted by molar-refractivity contribution is -0.385. The van der Waals surface area contributed by atoms with Gasteiger partial charge in [-0.05, 0) is 17.9 Å². The first kappa shape index (κ1) is 14.9. The Kier molecular flexibility index (Phi) is 4.81. The van der Waals surface area contributed by atoms with Crippen molar-refractivity contribution >= 4 is 11.4 Å². The SMILES string of the molecule is CC(C)(CCC#N)CNc1ccc([N+](=O)[O-])cc1F. The van der Waals surface area contributed by atoms with Crippen LogP contribution in [-0.4, -0.2) is 11.5 Å². The van der Waals surface area contributed by atoms with Crippen LogP contribution in [0.2, 0.25) is 0 Å². The summed E-state index contributed by atoms with van der Waals surface area (Å²) in [5, 5.41) is 22.0. The fourth-order valence-corrected chi connectivity index (χ4v) is 1.58. The van der Waals surface area contributed by atoms with E-state index in [1.165, 1.54) is 12.1 Å². The average molecular weight is 265 g/mol. The van der Waals surface area contributed by atoms with Gasteiger partial charge in [0.25, 0.3) is 5.69 Å². The van der Waals surface area contributed by atoms with Crippen molar-refractivity contribution in [2.75, 3.05) is 11.9 Å². The molecule has 19 heavy (non-hydrogen) atoms. The zero-order valence-electron chi connectivity index (χ0n) is 10.9. The van der Waals surface area contributed by atoms with Crippen molar-refractivity contribution in [1.29, 1.82) is 5.26 Å². The molecular weight excluding hydrogens is 249 g/mol. The van der Waals surface area contributed by atoms with E-state index in [-0.39, 0.29) is 16.8 Å². The third-order valence-electron chi connectivity index (χ3n) is 2.83. The van der Waals surface area contributed by atoms with Crippen molar-refractivity contribution in [3.63, 3.8) is 0 Å². The molecule has 0 saturated heterocycles. The topological polar surface area (TPSA) is 79.0 Å². The van der Waals surface area contributed by atoms with Crippen LogP contribution in [0.1, 0.15) is 26.7 Å². The summed E-state index contributed by atoms with van der Waals surface area (Å²) >= 11 is 0. The fraction of sp³-hybridized carbons (Fsp3) is 0.462. The third kappa shape index (κ3) is 4.54. The van der Waals surface area contributed by atoms with Crippen molar-refractivity contribution in [2.24, 2.45) is 5.41 Å². The highest BCUT2D eigenvalue weighted by molar-refractivity contribution is 5.50. The van der Waals surface area contributed by atoms with Gasteiger partial charge in [0, 0.05) is 19.0 Å². The number of nitro benzene ring substituents is 1. The van der Waals surface area contributed by atoms with Gasteiger partial charge >= 0.3 is 0 Å². The Morgan fingerprint density at radius 1 is 1.53 bits per heavy atom.